The van der Waals surface area contributed by atoms with Gasteiger partial charge in [0.1, 0.15) is 0 Å². The number of hydrogen-bond donors (Lipinski definition) is 0. The van der Waals surface area contributed by atoms with Crippen LogP contribution in [0, 0.1) is 6.92 Å². The molecule has 5 heteroatoms. The Kier molecular flexibility index (Phi) is 7.02. The number of amides is 1. The molecule has 0 aliphatic heterocycles. The first-order valence-electron chi connectivity index (χ1n) is 8.25. The smallest absolute Gasteiger partial charge is 0.307 e. The van der Waals surface area contributed by atoms with Crippen molar-refractivity contribution in [3.05, 3.63) is 70.2 Å². The number of carbonyl (C=O) groups is 2. The summed E-state index contributed by atoms with van der Waals surface area (Å²) in [7, 11) is 0. The Morgan fingerprint density at radius 3 is 2.48 bits per heavy atom. The molecule has 0 atom stereocenters. The molecule has 132 valence electrons. The fraction of sp³-hybridized carbons (Fsp3) is 0.300. The van der Waals surface area contributed by atoms with Gasteiger partial charge in [0, 0.05) is 23.7 Å². The minimum Gasteiger partial charge on any atom is -0.466 e. The molecule has 2 aromatic rings. The van der Waals surface area contributed by atoms with Gasteiger partial charge in [0.15, 0.2) is 0 Å². The molecule has 2 aromatic carbocycles. The maximum Gasteiger partial charge on any atom is 0.307 e. The summed E-state index contributed by atoms with van der Waals surface area (Å²) >= 11 is 5.92. The van der Waals surface area contributed by atoms with Crippen molar-refractivity contribution in [1.82, 2.24) is 4.90 Å². The van der Waals surface area contributed by atoms with E-state index in [-0.39, 0.29) is 18.3 Å². The van der Waals surface area contributed by atoms with Crippen molar-refractivity contribution in [2.24, 2.45) is 0 Å². The Balaban J connectivity index is 2.16. The molecule has 0 aliphatic carbocycles. The highest BCUT2D eigenvalue weighted by atomic mass is 35.5. The molecule has 0 aromatic heterocycles. The summed E-state index contributed by atoms with van der Waals surface area (Å²) in [5.41, 5.74) is 2.58. The van der Waals surface area contributed by atoms with Crippen LogP contribution in [0.2, 0.25) is 5.02 Å². The number of carbonyl (C=O) groups excluding carboxylic acids is 2. The van der Waals surface area contributed by atoms with Gasteiger partial charge in [-0.2, -0.15) is 0 Å². The fourth-order valence-electron chi connectivity index (χ4n) is 2.48. The first-order valence-corrected chi connectivity index (χ1v) is 8.63. The van der Waals surface area contributed by atoms with Gasteiger partial charge < -0.3 is 9.64 Å². The van der Waals surface area contributed by atoms with Crippen LogP contribution in [0.3, 0.4) is 0 Å². The summed E-state index contributed by atoms with van der Waals surface area (Å²) in [4.78, 5) is 26.2. The molecule has 0 N–H and O–H groups in total. The van der Waals surface area contributed by atoms with Crippen molar-refractivity contribution < 1.29 is 14.3 Å². The van der Waals surface area contributed by atoms with Crippen molar-refractivity contribution in [2.45, 2.75) is 26.8 Å². The van der Waals surface area contributed by atoms with Crippen molar-refractivity contribution >= 4 is 23.5 Å². The van der Waals surface area contributed by atoms with Gasteiger partial charge in [-0.1, -0.05) is 41.4 Å². The second kappa shape index (κ2) is 9.23. The number of halogens is 1. The minimum atomic E-state index is -0.305. The first kappa shape index (κ1) is 19.0. The van der Waals surface area contributed by atoms with Gasteiger partial charge in [0.05, 0.1) is 13.0 Å². The molecule has 0 heterocycles. The lowest BCUT2D eigenvalue weighted by atomic mass is 10.1. The van der Waals surface area contributed by atoms with Crippen molar-refractivity contribution in [3.8, 4) is 0 Å². The third-order valence-electron chi connectivity index (χ3n) is 3.73. The van der Waals surface area contributed by atoms with E-state index in [2.05, 4.69) is 0 Å². The number of ether oxygens (including phenoxy) is 1. The van der Waals surface area contributed by atoms with Gasteiger partial charge >= 0.3 is 5.97 Å². The topological polar surface area (TPSA) is 46.6 Å². The Hall–Kier alpha value is -2.33. The molecule has 0 fully saturated rings. The molecule has 0 aliphatic rings. The van der Waals surface area contributed by atoms with Crippen LogP contribution in [0.1, 0.15) is 34.8 Å². The number of nitrogens with zero attached hydrogens (tertiary/aromatic N) is 1. The third-order valence-corrected chi connectivity index (χ3v) is 3.98. The van der Waals surface area contributed by atoms with Crippen LogP contribution in [0.5, 0.6) is 0 Å². The van der Waals surface area contributed by atoms with Gasteiger partial charge in [0.2, 0.25) is 0 Å². The summed E-state index contributed by atoms with van der Waals surface area (Å²) in [6, 6.07) is 14.8. The monoisotopic (exact) mass is 359 g/mol. The summed E-state index contributed by atoms with van der Waals surface area (Å²) in [6.07, 6.45) is 0.166. The molecule has 0 unspecified atom stereocenters. The van der Waals surface area contributed by atoms with E-state index >= 15 is 0 Å². The maximum absolute atomic E-state index is 12.9. The molecule has 0 saturated carbocycles. The van der Waals surface area contributed by atoms with Crippen molar-refractivity contribution in [1.29, 1.82) is 0 Å². The summed E-state index contributed by atoms with van der Waals surface area (Å²) in [5.74, 6) is -0.413. The van der Waals surface area contributed by atoms with E-state index in [1.54, 1.807) is 30.0 Å². The molecular weight excluding hydrogens is 338 g/mol. The highest BCUT2D eigenvalue weighted by Gasteiger charge is 2.18. The van der Waals surface area contributed by atoms with Crippen LogP contribution in [-0.4, -0.2) is 29.9 Å². The van der Waals surface area contributed by atoms with Crippen LogP contribution < -0.4 is 0 Å². The van der Waals surface area contributed by atoms with E-state index in [9.17, 15) is 9.59 Å². The average molecular weight is 360 g/mol. The third kappa shape index (κ3) is 5.91. The molecule has 2 rings (SSSR count). The van der Waals surface area contributed by atoms with Crippen LogP contribution in [0.15, 0.2) is 48.5 Å². The van der Waals surface area contributed by atoms with E-state index in [0.29, 0.717) is 30.3 Å². The number of aryl methyl sites for hydroxylation is 1. The fourth-order valence-corrected chi connectivity index (χ4v) is 2.61. The van der Waals surface area contributed by atoms with Crippen LogP contribution in [-0.2, 0) is 16.1 Å². The summed E-state index contributed by atoms with van der Waals surface area (Å²) < 4.78 is 4.97. The largest absolute Gasteiger partial charge is 0.466 e. The highest BCUT2D eigenvalue weighted by Crippen LogP contribution is 2.15. The number of hydrogen-bond acceptors (Lipinski definition) is 3. The zero-order valence-corrected chi connectivity index (χ0v) is 15.3. The standard InChI is InChI=1S/C20H22ClNO3/c1-3-25-19(23)11-12-22(14-16-7-9-18(21)10-8-16)20(24)17-6-4-5-15(2)13-17/h4-10,13H,3,11-12,14H2,1-2H3. The molecule has 4 nitrogen and oxygen atoms in total. The average Bonchev–Trinajstić information content (AvgIpc) is 2.60. The predicted molar refractivity (Wildman–Crippen MR) is 98.6 cm³/mol. The minimum absolute atomic E-state index is 0.108. The Morgan fingerprint density at radius 2 is 1.84 bits per heavy atom. The highest BCUT2D eigenvalue weighted by molar-refractivity contribution is 6.30. The summed E-state index contributed by atoms with van der Waals surface area (Å²) in [5, 5.41) is 0.645. The maximum atomic E-state index is 12.9. The van der Waals surface area contributed by atoms with E-state index in [0.717, 1.165) is 11.1 Å². The number of benzene rings is 2. The molecule has 25 heavy (non-hydrogen) atoms. The van der Waals surface area contributed by atoms with Crippen LogP contribution in [0.25, 0.3) is 0 Å². The van der Waals surface area contributed by atoms with Crippen LogP contribution in [0.4, 0.5) is 0 Å². The first-order chi connectivity index (χ1) is 12.0. The summed E-state index contributed by atoms with van der Waals surface area (Å²) in [6.45, 7) is 4.75. The van der Waals surface area contributed by atoms with Crippen LogP contribution >= 0.6 is 11.6 Å². The Labute approximate surface area is 153 Å². The van der Waals surface area contributed by atoms with Gasteiger partial charge in [-0.15, -0.1) is 0 Å². The van der Waals surface area contributed by atoms with Gasteiger partial charge in [-0.3, -0.25) is 9.59 Å². The molecule has 0 radical (unpaired) electrons. The van der Waals surface area contributed by atoms with Gasteiger partial charge in [-0.05, 0) is 43.7 Å². The Morgan fingerprint density at radius 1 is 1.12 bits per heavy atom. The zero-order valence-electron chi connectivity index (χ0n) is 14.5. The van der Waals surface area contributed by atoms with Gasteiger partial charge in [0.25, 0.3) is 5.91 Å². The Bertz CT molecular complexity index is 728. The zero-order chi connectivity index (χ0) is 18.2. The van der Waals surface area contributed by atoms with E-state index in [1.165, 1.54) is 0 Å². The SMILES string of the molecule is CCOC(=O)CCN(Cc1ccc(Cl)cc1)C(=O)c1cccc(C)c1. The molecular formula is C20H22ClNO3. The predicted octanol–water partition coefficient (Wildman–Crippen LogP) is 4.24. The molecule has 1 amide bonds. The lowest BCUT2D eigenvalue weighted by Crippen LogP contribution is -2.33. The van der Waals surface area contributed by atoms with E-state index in [4.69, 9.17) is 16.3 Å². The van der Waals surface area contributed by atoms with Crippen molar-refractivity contribution in [3.63, 3.8) is 0 Å². The van der Waals surface area contributed by atoms with Gasteiger partial charge in [-0.25, -0.2) is 0 Å². The molecule has 0 spiro atoms. The quantitative estimate of drug-likeness (QED) is 0.694. The molecule has 0 bridgehead atoms. The number of rotatable bonds is 7. The van der Waals surface area contributed by atoms with E-state index in [1.807, 2.05) is 37.3 Å². The number of esters is 1. The lowest BCUT2D eigenvalue weighted by Gasteiger charge is -2.23. The molecule has 0 saturated heterocycles. The normalized spacial score (nSPS) is 10.4. The lowest BCUT2D eigenvalue weighted by molar-refractivity contribution is -0.143. The van der Waals surface area contributed by atoms with Crippen molar-refractivity contribution in [2.75, 3.05) is 13.2 Å². The second-order valence-corrected chi connectivity index (χ2v) is 6.21. The second-order valence-electron chi connectivity index (χ2n) is 5.78. The van der Waals surface area contributed by atoms with E-state index < -0.39 is 0 Å².